The Balaban J connectivity index is 1.68. The zero-order chi connectivity index (χ0) is 23.1. The van der Waals surface area contributed by atoms with Crippen molar-refractivity contribution in [2.45, 2.75) is 20.0 Å². The molecule has 8 nitrogen and oxygen atoms in total. The molecule has 0 atom stereocenters. The topological polar surface area (TPSA) is 102 Å². The van der Waals surface area contributed by atoms with Gasteiger partial charge in [-0.3, -0.25) is 14.9 Å². The number of thiocarbonyl (C=S) groups is 1. The number of furan rings is 1. The maximum absolute atomic E-state index is 12.6. The molecule has 1 heterocycles. The highest BCUT2D eigenvalue weighted by atomic mass is 32.1. The molecule has 0 aliphatic heterocycles. The third-order valence-corrected chi connectivity index (χ3v) is 4.35. The van der Waals surface area contributed by atoms with Crippen LogP contribution in [0.25, 0.3) is 0 Å². The minimum absolute atomic E-state index is 0.0101. The van der Waals surface area contributed by atoms with Gasteiger partial charge in [0.05, 0.1) is 25.2 Å². The van der Waals surface area contributed by atoms with Gasteiger partial charge in [0.25, 0.3) is 11.8 Å². The third kappa shape index (κ3) is 6.08. The first-order chi connectivity index (χ1) is 15.4. The lowest BCUT2D eigenvalue weighted by Crippen LogP contribution is -2.34. The molecule has 1 aromatic heterocycles. The molecule has 3 rings (SSSR count). The molecule has 166 valence electrons. The fourth-order valence-corrected chi connectivity index (χ4v) is 3.00. The molecule has 0 unspecified atom stereocenters. The number of carbonyl (C=O) groups excluding carboxylic acids is 2. The standard InChI is InChI=1S/C23H23N3O5S/c1-14(2)31-17-7-4-6-15(12-17)21(27)26-23(32)25-18-13-16(9-10-19(18)29-3)24-22(28)20-8-5-11-30-20/h4-14H,1-3H3,(H,24,28)(H2,25,26,27,32). The fraction of sp³-hybridized carbons (Fsp3) is 0.174. The summed E-state index contributed by atoms with van der Waals surface area (Å²) in [5.74, 6) is 0.461. The highest BCUT2D eigenvalue weighted by Gasteiger charge is 2.14. The smallest absolute Gasteiger partial charge is 0.291 e. The van der Waals surface area contributed by atoms with Crippen molar-refractivity contribution in [3.05, 3.63) is 72.2 Å². The molecular weight excluding hydrogens is 430 g/mol. The Morgan fingerprint density at radius 2 is 1.81 bits per heavy atom. The van der Waals surface area contributed by atoms with E-state index in [9.17, 15) is 9.59 Å². The van der Waals surface area contributed by atoms with Gasteiger partial charge in [0.1, 0.15) is 11.5 Å². The highest BCUT2D eigenvalue weighted by Crippen LogP contribution is 2.28. The number of nitrogens with one attached hydrogen (secondary N) is 3. The molecule has 0 saturated heterocycles. The number of methoxy groups -OCH3 is 1. The Morgan fingerprint density at radius 3 is 2.50 bits per heavy atom. The van der Waals surface area contributed by atoms with Gasteiger partial charge in [-0.1, -0.05) is 6.07 Å². The number of carbonyl (C=O) groups is 2. The van der Waals surface area contributed by atoms with E-state index in [1.807, 2.05) is 13.8 Å². The minimum Gasteiger partial charge on any atom is -0.495 e. The van der Waals surface area contributed by atoms with Crippen LogP contribution in [-0.2, 0) is 0 Å². The second-order valence-electron chi connectivity index (χ2n) is 6.95. The van der Waals surface area contributed by atoms with Gasteiger partial charge >= 0.3 is 0 Å². The van der Waals surface area contributed by atoms with Crippen LogP contribution in [0.1, 0.15) is 34.8 Å². The van der Waals surface area contributed by atoms with Crippen LogP contribution < -0.4 is 25.4 Å². The number of amides is 2. The van der Waals surface area contributed by atoms with Crippen molar-refractivity contribution in [2.75, 3.05) is 17.7 Å². The van der Waals surface area contributed by atoms with Gasteiger partial charge in [-0.15, -0.1) is 0 Å². The van der Waals surface area contributed by atoms with E-state index in [-0.39, 0.29) is 17.0 Å². The molecule has 3 aromatic rings. The average Bonchev–Trinajstić information content (AvgIpc) is 3.29. The number of benzene rings is 2. The van der Waals surface area contributed by atoms with Gasteiger partial charge in [0.15, 0.2) is 10.9 Å². The van der Waals surface area contributed by atoms with Crippen LogP contribution in [-0.4, -0.2) is 30.1 Å². The van der Waals surface area contributed by atoms with Crippen molar-refractivity contribution in [3.8, 4) is 11.5 Å². The van der Waals surface area contributed by atoms with Crippen LogP contribution in [0.2, 0.25) is 0 Å². The Bertz CT molecular complexity index is 1110. The lowest BCUT2D eigenvalue weighted by atomic mass is 10.2. The maximum atomic E-state index is 12.6. The van der Waals surface area contributed by atoms with Crippen LogP contribution in [0.4, 0.5) is 11.4 Å². The van der Waals surface area contributed by atoms with Crippen molar-refractivity contribution in [2.24, 2.45) is 0 Å². The van der Waals surface area contributed by atoms with Crippen LogP contribution >= 0.6 is 12.2 Å². The molecule has 0 aliphatic rings. The van der Waals surface area contributed by atoms with E-state index in [0.29, 0.717) is 28.4 Å². The molecule has 0 radical (unpaired) electrons. The third-order valence-electron chi connectivity index (χ3n) is 4.15. The van der Waals surface area contributed by atoms with E-state index >= 15 is 0 Å². The molecule has 32 heavy (non-hydrogen) atoms. The molecule has 0 aliphatic carbocycles. The summed E-state index contributed by atoms with van der Waals surface area (Å²) >= 11 is 5.29. The minimum atomic E-state index is -0.398. The molecular formula is C23H23N3O5S. The largest absolute Gasteiger partial charge is 0.495 e. The molecule has 9 heteroatoms. The molecule has 3 N–H and O–H groups in total. The van der Waals surface area contributed by atoms with E-state index in [0.717, 1.165) is 0 Å². The normalized spacial score (nSPS) is 10.4. The Morgan fingerprint density at radius 1 is 1.00 bits per heavy atom. The van der Waals surface area contributed by atoms with E-state index in [4.69, 9.17) is 26.1 Å². The first kappa shape index (κ1) is 22.8. The predicted molar refractivity (Wildman–Crippen MR) is 126 cm³/mol. The summed E-state index contributed by atoms with van der Waals surface area (Å²) in [4.78, 5) is 24.8. The predicted octanol–water partition coefficient (Wildman–Crippen LogP) is 4.45. The molecule has 0 fully saturated rings. The molecule has 0 bridgehead atoms. The maximum Gasteiger partial charge on any atom is 0.291 e. The molecule has 0 spiro atoms. The summed E-state index contributed by atoms with van der Waals surface area (Å²) < 4.78 is 16.1. The SMILES string of the molecule is COc1ccc(NC(=O)c2ccco2)cc1NC(=S)NC(=O)c1cccc(OC(C)C)c1. The summed E-state index contributed by atoms with van der Waals surface area (Å²) in [5.41, 5.74) is 1.35. The van der Waals surface area contributed by atoms with E-state index < -0.39 is 11.8 Å². The first-order valence-electron chi connectivity index (χ1n) is 9.77. The van der Waals surface area contributed by atoms with Gasteiger partial charge in [-0.05, 0) is 74.6 Å². The van der Waals surface area contributed by atoms with Crippen molar-refractivity contribution >= 4 is 40.5 Å². The summed E-state index contributed by atoms with van der Waals surface area (Å²) in [6.07, 6.45) is 1.41. The van der Waals surface area contributed by atoms with E-state index in [1.54, 1.807) is 54.6 Å². The van der Waals surface area contributed by atoms with Crippen LogP contribution in [0.3, 0.4) is 0 Å². The second-order valence-corrected chi connectivity index (χ2v) is 7.36. The van der Waals surface area contributed by atoms with Crippen LogP contribution in [0, 0.1) is 0 Å². The van der Waals surface area contributed by atoms with Crippen molar-refractivity contribution in [3.63, 3.8) is 0 Å². The lowest BCUT2D eigenvalue weighted by molar-refractivity contribution is 0.0974. The monoisotopic (exact) mass is 453 g/mol. The van der Waals surface area contributed by atoms with E-state index in [2.05, 4.69) is 16.0 Å². The quantitative estimate of drug-likeness (QED) is 0.454. The molecule has 0 saturated carbocycles. The first-order valence-corrected chi connectivity index (χ1v) is 10.2. The summed E-state index contributed by atoms with van der Waals surface area (Å²) in [6, 6.07) is 15.0. The van der Waals surface area contributed by atoms with Gasteiger partial charge in [0, 0.05) is 11.3 Å². The zero-order valence-corrected chi connectivity index (χ0v) is 18.6. The number of anilines is 2. The van der Waals surface area contributed by atoms with Crippen molar-refractivity contribution in [1.82, 2.24) is 5.32 Å². The fourth-order valence-electron chi connectivity index (χ4n) is 2.80. The van der Waals surface area contributed by atoms with Gasteiger partial charge in [-0.2, -0.15) is 0 Å². The van der Waals surface area contributed by atoms with Crippen molar-refractivity contribution < 1.29 is 23.5 Å². The number of hydrogen-bond acceptors (Lipinski definition) is 6. The summed E-state index contributed by atoms with van der Waals surface area (Å²) in [5, 5.41) is 8.35. The van der Waals surface area contributed by atoms with Gasteiger partial charge in [-0.25, -0.2) is 0 Å². The Kier molecular flexibility index (Phi) is 7.45. The second kappa shape index (κ2) is 10.5. The van der Waals surface area contributed by atoms with E-state index in [1.165, 1.54) is 13.4 Å². The zero-order valence-electron chi connectivity index (χ0n) is 17.8. The number of hydrogen-bond donors (Lipinski definition) is 3. The lowest BCUT2D eigenvalue weighted by Gasteiger charge is -2.15. The number of rotatable bonds is 7. The summed E-state index contributed by atoms with van der Waals surface area (Å²) in [7, 11) is 1.50. The van der Waals surface area contributed by atoms with Gasteiger partial charge < -0.3 is 24.5 Å². The average molecular weight is 454 g/mol. The number of ether oxygens (including phenoxy) is 2. The summed E-state index contributed by atoms with van der Waals surface area (Å²) in [6.45, 7) is 3.81. The van der Waals surface area contributed by atoms with Gasteiger partial charge in [0.2, 0.25) is 0 Å². The van der Waals surface area contributed by atoms with Crippen LogP contribution in [0.15, 0.2) is 65.3 Å². The van der Waals surface area contributed by atoms with Crippen molar-refractivity contribution in [1.29, 1.82) is 0 Å². The Hall–Kier alpha value is -3.85. The Labute approximate surface area is 190 Å². The molecule has 2 amide bonds. The molecule has 2 aromatic carbocycles. The highest BCUT2D eigenvalue weighted by molar-refractivity contribution is 7.80. The van der Waals surface area contributed by atoms with Crippen LogP contribution in [0.5, 0.6) is 11.5 Å².